The van der Waals surface area contributed by atoms with Crippen molar-refractivity contribution in [2.45, 2.75) is 52.2 Å². The molecule has 1 N–H and O–H groups in total. The van der Waals surface area contributed by atoms with E-state index in [1.54, 1.807) is 0 Å². The molecule has 0 bridgehead atoms. The maximum Gasteiger partial charge on any atom is 0.323 e. The summed E-state index contributed by atoms with van der Waals surface area (Å²) in [5, 5.41) is 7.53. The molecule has 6 heteroatoms. The first-order valence-corrected chi connectivity index (χ1v) is 8.29. The molecule has 2 unspecified atom stereocenters. The molecule has 0 aliphatic carbocycles. The fraction of sp³-hybridized carbons (Fsp3) is 0.923. The lowest BCUT2D eigenvalue weighted by molar-refractivity contribution is -0.136. The summed E-state index contributed by atoms with van der Waals surface area (Å²) >= 11 is 0. The lowest BCUT2D eigenvalue weighted by Gasteiger charge is -2.29. The number of carboxylic acids is 1. The first-order valence-electron chi connectivity index (χ1n) is 6.78. The van der Waals surface area contributed by atoms with Crippen molar-refractivity contribution < 1.29 is 18.3 Å². The minimum absolute atomic E-state index is 0.165. The number of carboxylic acid groups (broad SMARTS) is 1. The molecule has 0 aromatic carbocycles. The average Bonchev–Trinajstić information content (AvgIpc) is 2.52. The van der Waals surface area contributed by atoms with Gasteiger partial charge in [0.05, 0.1) is 0 Å². The predicted molar refractivity (Wildman–Crippen MR) is 74.4 cm³/mol. The summed E-state index contributed by atoms with van der Waals surface area (Å²) in [7, 11) is -3.72. The molecule has 5 nitrogen and oxygen atoms in total. The minimum atomic E-state index is -3.72. The second-order valence-electron chi connectivity index (χ2n) is 6.42. The van der Waals surface area contributed by atoms with Crippen LogP contribution in [0.1, 0.15) is 47.0 Å². The number of sulfonamides is 1. The third-order valence-electron chi connectivity index (χ3n) is 4.07. The molecular formula is C13H25NO4S. The smallest absolute Gasteiger partial charge is 0.323 e. The monoisotopic (exact) mass is 291 g/mol. The van der Waals surface area contributed by atoms with E-state index in [2.05, 4.69) is 20.8 Å². The van der Waals surface area contributed by atoms with Gasteiger partial charge in [0, 0.05) is 13.1 Å². The van der Waals surface area contributed by atoms with E-state index < -0.39 is 21.2 Å². The van der Waals surface area contributed by atoms with E-state index >= 15 is 0 Å². The van der Waals surface area contributed by atoms with Gasteiger partial charge in [0.1, 0.15) is 0 Å². The number of nitrogens with zero attached hydrogens (tertiary/aromatic N) is 1. The van der Waals surface area contributed by atoms with Crippen LogP contribution in [0.15, 0.2) is 0 Å². The Morgan fingerprint density at radius 1 is 1.26 bits per heavy atom. The summed E-state index contributed by atoms with van der Waals surface area (Å²) in [5.41, 5.74) is 0.165. The Labute approximate surface area is 116 Å². The molecular weight excluding hydrogens is 266 g/mol. The molecule has 112 valence electrons. The van der Waals surface area contributed by atoms with Crippen molar-refractivity contribution in [2.75, 3.05) is 13.1 Å². The highest BCUT2D eigenvalue weighted by Gasteiger charge is 2.36. The average molecular weight is 291 g/mol. The predicted octanol–water partition coefficient (Wildman–Crippen LogP) is 1.94. The molecule has 0 aromatic rings. The molecule has 1 aliphatic rings. The van der Waals surface area contributed by atoms with Gasteiger partial charge in [-0.2, -0.15) is 0 Å². The standard InChI is InChI=1S/C13H25NO4S/c1-10(12(15)16)19(17,18)14-8-5-6-11(7-9-14)13(2,3)4/h10-11H,5-9H2,1-4H3,(H,15,16). The third-order valence-corrected chi connectivity index (χ3v) is 6.25. The lowest BCUT2D eigenvalue weighted by atomic mass is 9.77. The van der Waals surface area contributed by atoms with E-state index in [-0.39, 0.29) is 5.41 Å². The maximum atomic E-state index is 12.2. The molecule has 1 aliphatic heterocycles. The van der Waals surface area contributed by atoms with Crippen LogP contribution in [-0.2, 0) is 14.8 Å². The number of rotatable bonds is 3. The fourth-order valence-electron chi connectivity index (χ4n) is 2.54. The van der Waals surface area contributed by atoms with Crippen molar-refractivity contribution >= 4 is 16.0 Å². The van der Waals surface area contributed by atoms with Gasteiger partial charge in [-0.1, -0.05) is 20.8 Å². The van der Waals surface area contributed by atoms with Crippen molar-refractivity contribution in [2.24, 2.45) is 11.3 Å². The van der Waals surface area contributed by atoms with Crippen molar-refractivity contribution in [3.63, 3.8) is 0 Å². The summed E-state index contributed by atoms with van der Waals surface area (Å²) in [6, 6.07) is 0. The Bertz CT molecular complexity index is 424. The van der Waals surface area contributed by atoms with E-state index in [1.165, 1.54) is 11.2 Å². The van der Waals surface area contributed by atoms with Gasteiger partial charge in [-0.3, -0.25) is 4.79 Å². The minimum Gasteiger partial charge on any atom is -0.480 e. The molecule has 1 heterocycles. The van der Waals surface area contributed by atoms with E-state index in [0.717, 1.165) is 19.3 Å². The second kappa shape index (κ2) is 5.79. The van der Waals surface area contributed by atoms with E-state index in [4.69, 9.17) is 5.11 Å². The largest absolute Gasteiger partial charge is 0.480 e. The zero-order valence-corrected chi connectivity index (χ0v) is 13.0. The quantitative estimate of drug-likeness (QED) is 0.862. The van der Waals surface area contributed by atoms with Gasteiger partial charge < -0.3 is 5.11 Å². The third kappa shape index (κ3) is 3.92. The molecule has 0 radical (unpaired) electrons. The Hall–Kier alpha value is -0.620. The molecule has 0 amide bonds. The van der Waals surface area contributed by atoms with Crippen LogP contribution >= 0.6 is 0 Å². The Morgan fingerprint density at radius 2 is 1.84 bits per heavy atom. The molecule has 1 fully saturated rings. The van der Waals surface area contributed by atoms with E-state index in [1.807, 2.05) is 0 Å². The second-order valence-corrected chi connectivity index (χ2v) is 8.67. The summed E-state index contributed by atoms with van der Waals surface area (Å²) in [6.45, 7) is 8.61. The van der Waals surface area contributed by atoms with Gasteiger partial charge in [-0.15, -0.1) is 0 Å². The zero-order chi connectivity index (χ0) is 14.8. The summed E-state index contributed by atoms with van der Waals surface area (Å²) in [6.07, 6.45) is 2.60. The molecule has 2 atom stereocenters. The van der Waals surface area contributed by atoms with Gasteiger partial charge in [-0.05, 0) is 37.5 Å². The zero-order valence-electron chi connectivity index (χ0n) is 12.2. The molecule has 0 saturated carbocycles. The Morgan fingerprint density at radius 3 is 2.32 bits per heavy atom. The van der Waals surface area contributed by atoms with Crippen LogP contribution in [0.3, 0.4) is 0 Å². The van der Waals surface area contributed by atoms with Crippen LogP contribution in [0.25, 0.3) is 0 Å². The molecule has 1 rings (SSSR count). The van der Waals surface area contributed by atoms with Crippen LogP contribution in [0.5, 0.6) is 0 Å². The van der Waals surface area contributed by atoms with Crippen molar-refractivity contribution in [1.82, 2.24) is 4.31 Å². The van der Waals surface area contributed by atoms with Crippen LogP contribution in [0.2, 0.25) is 0 Å². The topological polar surface area (TPSA) is 74.7 Å². The lowest BCUT2D eigenvalue weighted by Crippen LogP contribution is -2.41. The molecule has 19 heavy (non-hydrogen) atoms. The van der Waals surface area contributed by atoms with E-state index in [9.17, 15) is 13.2 Å². The molecule has 0 aromatic heterocycles. The fourth-order valence-corrected chi connectivity index (χ4v) is 3.99. The van der Waals surface area contributed by atoms with Gasteiger partial charge in [0.15, 0.2) is 5.25 Å². The number of hydrogen-bond donors (Lipinski definition) is 1. The van der Waals surface area contributed by atoms with Gasteiger partial charge in [0.2, 0.25) is 10.0 Å². The Kier molecular flexibility index (Phi) is 5.01. The first kappa shape index (κ1) is 16.4. The van der Waals surface area contributed by atoms with Crippen molar-refractivity contribution in [3.05, 3.63) is 0 Å². The van der Waals surface area contributed by atoms with Crippen LogP contribution in [-0.4, -0.2) is 42.1 Å². The highest BCUT2D eigenvalue weighted by atomic mass is 32.2. The van der Waals surface area contributed by atoms with Crippen molar-refractivity contribution in [3.8, 4) is 0 Å². The van der Waals surface area contributed by atoms with Gasteiger partial charge >= 0.3 is 5.97 Å². The van der Waals surface area contributed by atoms with Crippen LogP contribution < -0.4 is 0 Å². The first-order chi connectivity index (χ1) is 8.56. The SMILES string of the molecule is CC(C(=O)O)S(=O)(=O)N1CCCC(C(C)(C)C)CC1. The summed E-state index contributed by atoms with van der Waals surface area (Å²) < 4.78 is 25.7. The normalized spacial score (nSPS) is 24.7. The molecule has 1 saturated heterocycles. The Balaban J connectivity index is 2.81. The molecule has 0 spiro atoms. The van der Waals surface area contributed by atoms with Crippen molar-refractivity contribution in [1.29, 1.82) is 0 Å². The highest BCUT2D eigenvalue weighted by molar-refractivity contribution is 7.90. The van der Waals surface area contributed by atoms with Gasteiger partial charge in [-0.25, -0.2) is 12.7 Å². The van der Waals surface area contributed by atoms with Gasteiger partial charge in [0.25, 0.3) is 0 Å². The number of carbonyl (C=O) groups is 1. The number of hydrogen-bond acceptors (Lipinski definition) is 3. The van der Waals surface area contributed by atoms with Crippen LogP contribution in [0.4, 0.5) is 0 Å². The summed E-state index contributed by atoms with van der Waals surface area (Å²) in [5.74, 6) is -0.801. The summed E-state index contributed by atoms with van der Waals surface area (Å²) in [4.78, 5) is 10.9. The van der Waals surface area contributed by atoms with Crippen LogP contribution in [0, 0.1) is 11.3 Å². The number of aliphatic carboxylic acids is 1. The van der Waals surface area contributed by atoms with E-state index in [0.29, 0.717) is 19.0 Å². The maximum absolute atomic E-state index is 12.2. The highest BCUT2D eigenvalue weighted by Crippen LogP contribution is 2.34.